The van der Waals surface area contributed by atoms with Gasteiger partial charge in [-0.25, -0.2) is 13.4 Å². The third kappa shape index (κ3) is 4.95. The molecule has 0 bridgehead atoms. The highest BCUT2D eigenvalue weighted by Gasteiger charge is 2.16. The van der Waals surface area contributed by atoms with Gasteiger partial charge in [0.2, 0.25) is 16.4 Å². The van der Waals surface area contributed by atoms with Gasteiger partial charge < -0.3 is 9.80 Å². The molecule has 1 fully saturated rings. The second-order valence-electron chi connectivity index (χ2n) is 6.19. The summed E-state index contributed by atoms with van der Waals surface area (Å²) >= 11 is 0. The Balaban J connectivity index is 1.55. The van der Waals surface area contributed by atoms with Gasteiger partial charge in [-0.05, 0) is 24.1 Å². The second-order valence-corrected chi connectivity index (χ2v) is 8.03. The minimum Gasteiger partial charge on any atom is -0.367 e. The van der Waals surface area contributed by atoms with Crippen molar-refractivity contribution in [1.82, 2.24) is 9.88 Å². The number of carbonyl (C=O) groups excluding carboxylic acids is 1. The molecule has 1 amide bonds. The number of sulfonamides is 1. The molecule has 1 aliphatic heterocycles. The average Bonchev–Trinajstić information content (AvgIpc) is 2.68. The molecule has 2 aromatic rings. The van der Waals surface area contributed by atoms with E-state index in [0.717, 1.165) is 30.8 Å². The number of rotatable bonds is 7. The summed E-state index contributed by atoms with van der Waals surface area (Å²) in [6.45, 7) is 2.83. The van der Waals surface area contributed by atoms with Gasteiger partial charge in [0.1, 0.15) is 5.82 Å². The van der Waals surface area contributed by atoms with Crippen LogP contribution in [0.4, 0.5) is 11.5 Å². The van der Waals surface area contributed by atoms with E-state index >= 15 is 0 Å². The van der Waals surface area contributed by atoms with Crippen LogP contribution in [0.3, 0.4) is 0 Å². The molecule has 2 heterocycles. The Kier molecular flexibility index (Phi) is 5.72. The largest absolute Gasteiger partial charge is 0.367 e. The molecule has 3 rings (SSSR count). The monoisotopic (exact) mass is 374 g/mol. The molecule has 8 heteroatoms. The Morgan fingerprint density at radius 1 is 1.04 bits per heavy atom. The number of aromatic nitrogens is 1. The molecule has 1 N–H and O–H groups in total. The van der Waals surface area contributed by atoms with E-state index in [1.807, 2.05) is 36.4 Å². The Labute approximate surface area is 153 Å². The number of hydrogen-bond acceptors (Lipinski definition) is 5. The zero-order chi connectivity index (χ0) is 18.4. The number of piperazine rings is 1. The van der Waals surface area contributed by atoms with Crippen molar-refractivity contribution in [2.75, 3.05) is 41.6 Å². The fourth-order valence-corrected chi connectivity index (χ4v) is 3.87. The van der Waals surface area contributed by atoms with Crippen LogP contribution in [0.2, 0.25) is 0 Å². The van der Waals surface area contributed by atoms with Crippen LogP contribution in [0.25, 0.3) is 0 Å². The van der Waals surface area contributed by atoms with Gasteiger partial charge in [-0.15, -0.1) is 0 Å². The lowest BCUT2D eigenvalue weighted by atomic mass is 10.2. The van der Waals surface area contributed by atoms with Crippen molar-refractivity contribution in [2.45, 2.75) is 6.42 Å². The summed E-state index contributed by atoms with van der Waals surface area (Å²) in [6, 6.07) is 13.0. The molecule has 1 saturated heterocycles. The van der Waals surface area contributed by atoms with E-state index in [9.17, 15) is 13.2 Å². The molecule has 1 aromatic heterocycles. The topological polar surface area (TPSA) is 82.6 Å². The van der Waals surface area contributed by atoms with Gasteiger partial charge >= 0.3 is 0 Å². The van der Waals surface area contributed by atoms with E-state index in [4.69, 9.17) is 0 Å². The molecule has 26 heavy (non-hydrogen) atoms. The molecule has 0 atom stereocenters. The highest BCUT2D eigenvalue weighted by molar-refractivity contribution is 7.92. The first-order valence-corrected chi connectivity index (χ1v) is 10.2. The fourth-order valence-electron chi connectivity index (χ4n) is 2.83. The van der Waals surface area contributed by atoms with Crippen LogP contribution in [0, 0.1) is 0 Å². The zero-order valence-corrected chi connectivity index (χ0v) is 15.2. The standard InChI is InChI=1S/C18H22N4O3S/c23-15-21-9-11-22(12-10-21)17-6-7-18(19-14-17)20-26(24,25)13-8-16-4-2-1-3-5-16/h1-7,14-15H,8-13H2,(H,19,20). The van der Waals surface area contributed by atoms with Gasteiger partial charge in [-0.1, -0.05) is 30.3 Å². The predicted octanol–water partition coefficient (Wildman–Crippen LogP) is 1.34. The maximum absolute atomic E-state index is 12.2. The lowest BCUT2D eigenvalue weighted by molar-refractivity contribution is -0.118. The minimum absolute atomic E-state index is 0.00804. The molecule has 0 spiro atoms. The number of aryl methyl sites for hydroxylation is 1. The maximum Gasteiger partial charge on any atom is 0.234 e. The molecule has 138 valence electrons. The van der Waals surface area contributed by atoms with Crippen molar-refractivity contribution in [1.29, 1.82) is 0 Å². The molecule has 0 unspecified atom stereocenters. The number of benzene rings is 1. The predicted molar refractivity (Wildman–Crippen MR) is 102 cm³/mol. The molecule has 1 aromatic carbocycles. The third-order valence-electron chi connectivity index (χ3n) is 4.34. The first-order chi connectivity index (χ1) is 12.6. The van der Waals surface area contributed by atoms with Crippen LogP contribution in [-0.4, -0.2) is 56.6 Å². The summed E-state index contributed by atoms with van der Waals surface area (Å²) in [4.78, 5) is 18.8. The van der Waals surface area contributed by atoms with Crippen molar-refractivity contribution < 1.29 is 13.2 Å². The van der Waals surface area contributed by atoms with E-state index < -0.39 is 10.0 Å². The SMILES string of the molecule is O=CN1CCN(c2ccc(NS(=O)(=O)CCc3ccccc3)nc2)CC1. The molecular weight excluding hydrogens is 352 g/mol. The van der Waals surface area contributed by atoms with Gasteiger partial charge in [0.05, 0.1) is 17.6 Å². The summed E-state index contributed by atoms with van der Waals surface area (Å²) in [5.41, 5.74) is 1.90. The third-order valence-corrected chi connectivity index (χ3v) is 5.60. The summed E-state index contributed by atoms with van der Waals surface area (Å²) in [7, 11) is -3.45. The Hall–Kier alpha value is -2.61. The highest BCUT2D eigenvalue weighted by Crippen LogP contribution is 2.17. The Morgan fingerprint density at radius 3 is 2.38 bits per heavy atom. The van der Waals surface area contributed by atoms with Gasteiger partial charge in [0.25, 0.3) is 0 Å². The van der Waals surface area contributed by atoms with Crippen LogP contribution < -0.4 is 9.62 Å². The molecule has 0 saturated carbocycles. The summed E-state index contributed by atoms with van der Waals surface area (Å²) in [5.74, 6) is 0.321. The Morgan fingerprint density at radius 2 is 1.77 bits per heavy atom. The highest BCUT2D eigenvalue weighted by atomic mass is 32.2. The number of nitrogens with zero attached hydrogens (tertiary/aromatic N) is 3. The first kappa shape index (κ1) is 18.2. The number of carbonyl (C=O) groups is 1. The van der Waals surface area contributed by atoms with Crippen LogP contribution in [-0.2, 0) is 21.2 Å². The van der Waals surface area contributed by atoms with E-state index in [2.05, 4.69) is 14.6 Å². The van der Waals surface area contributed by atoms with Crippen molar-refractivity contribution in [3.05, 3.63) is 54.2 Å². The minimum atomic E-state index is -3.45. The molecular formula is C18H22N4O3S. The van der Waals surface area contributed by atoms with Gasteiger partial charge in [0, 0.05) is 26.2 Å². The molecule has 7 nitrogen and oxygen atoms in total. The Bertz CT molecular complexity index is 817. The van der Waals surface area contributed by atoms with Gasteiger partial charge in [-0.3, -0.25) is 9.52 Å². The fraction of sp³-hybridized carbons (Fsp3) is 0.333. The number of nitrogens with one attached hydrogen (secondary N) is 1. The zero-order valence-electron chi connectivity index (χ0n) is 14.4. The molecule has 0 aliphatic carbocycles. The average molecular weight is 374 g/mol. The first-order valence-electron chi connectivity index (χ1n) is 8.50. The van der Waals surface area contributed by atoms with Crippen LogP contribution in [0.15, 0.2) is 48.7 Å². The lowest BCUT2D eigenvalue weighted by Crippen LogP contribution is -2.45. The molecule has 1 aliphatic rings. The van der Waals surface area contributed by atoms with E-state index in [0.29, 0.717) is 25.3 Å². The van der Waals surface area contributed by atoms with Gasteiger partial charge in [-0.2, -0.15) is 0 Å². The summed E-state index contributed by atoms with van der Waals surface area (Å²) < 4.78 is 27.0. The van der Waals surface area contributed by atoms with Crippen LogP contribution in [0.5, 0.6) is 0 Å². The van der Waals surface area contributed by atoms with Crippen molar-refractivity contribution >= 4 is 27.9 Å². The number of hydrogen-bond donors (Lipinski definition) is 1. The van der Waals surface area contributed by atoms with Crippen molar-refractivity contribution in [3.8, 4) is 0 Å². The van der Waals surface area contributed by atoms with E-state index in [1.54, 1.807) is 17.2 Å². The second kappa shape index (κ2) is 8.18. The maximum atomic E-state index is 12.2. The van der Waals surface area contributed by atoms with E-state index in [1.165, 1.54) is 0 Å². The van der Waals surface area contributed by atoms with Crippen molar-refractivity contribution in [3.63, 3.8) is 0 Å². The van der Waals surface area contributed by atoms with Crippen LogP contribution >= 0.6 is 0 Å². The van der Waals surface area contributed by atoms with Crippen molar-refractivity contribution in [2.24, 2.45) is 0 Å². The normalized spacial score (nSPS) is 14.9. The number of anilines is 2. The van der Waals surface area contributed by atoms with Gasteiger partial charge in [0.15, 0.2) is 0 Å². The number of pyridine rings is 1. The van der Waals surface area contributed by atoms with E-state index in [-0.39, 0.29) is 5.75 Å². The summed E-state index contributed by atoms with van der Waals surface area (Å²) in [6.07, 6.45) is 2.98. The number of amides is 1. The lowest BCUT2D eigenvalue weighted by Gasteiger charge is -2.33. The molecule has 0 radical (unpaired) electrons. The quantitative estimate of drug-likeness (QED) is 0.740. The summed E-state index contributed by atoms with van der Waals surface area (Å²) in [5, 5.41) is 0. The smallest absolute Gasteiger partial charge is 0.234 e. The van der Waals surface area contributed by atoms with Crippen LogP contribution in [0.1, 0.15) is 5.56 Å².